The SMILES string of the molecule is COc1ccc(Nc2nc(COC(=O)c3cccn3C)cs2)cc1. The molecule has 2 heterocycles. The van der Waals surface area contributed by atoms with Crippen LogP contribution in [0.5, 0.6) is 5.75 Å². The standard InChI is InChI=1S/C17H17N3O3S/c1-20-9-3-4-15(20)16(21)23-10-13-11-24-17(19-13)18-12-5-7-14(22-2)8-6-12/h3-9,11H,10H2,1-2H3,(H,18,19). The summed E-state index contributed by atoms with van der Waals surface area (Å²) in [6, 6.07) is 11.1. The molecule has 24 heavy (non-hydrogen) atoms. The van der Waals surface area contributed by atoms with Gasteiger partial charge in [0.2, 0.25) is 0 Å². The molecule has 1 aromatic carbocycles. The summed E-state index contributed by atoms with van der Waals surface area (Å²) in [6.45, 7) is 0.144. The summed E-state index contributed by atoms with van der Waals surface area (Å²) in [5, 5.41) is 5.81. The van der Waals surface area contributed by atoms with E-state index in [0.717, 1.165) is 16.6 Å². The molecular weight excluding hydrogens is 326 g/mol. The van der Waals surface area contributed by atoms with Gasteiger partial charge in [0, 0.05) is 24.3 Å². The maximum Gasteiger partial charge on any atom is 0.355 e. The molecule has 2 aromatic heterocycles. The first-order valence-corrected chi connectivity index (χ1v) is 8.17. The number of methoxy groups -OCH3 is 1. The van der Waals surface area contributed by atoms with Crippen LogP contribution in [0.3, 0.4) is 0 Å². The van der Waals surface area contributed by atoms with Crippen LogP contribution in [-0.4, -0.2) is 22.6 Å². The highest BCUT2D eigenvalue weighted by atomic mass is 32.1. The Morgan fingerprint density at radius 3 is 2.75 bits per heavy atom. The first-order valence-electron chi connectivity index (χ1n) is 7.29. The minimum absolute atomic E-state index is 0.144. The first-order chi connectivity index (χ1) is 11.7. The molecule has 0 amide bonds. The van der Waals surface area contributed by atoms with E-state index in [9.17, 15) is 4.79 Å². The van der Waals surface area contributed by atoms with Crippen molar-refractivity contribution in [1.82, 2.24) is 9.55 Å². The maximum atomic E-state index is 12.0. The highest BCUT2D eigenvalue weighted by Gasteiger charge is 2.11. The number of carbonyl (C=O) groups is 1. The third-order valence-corrected chi connectivity index (χ3v) is 4.20. The quantitative estimate of drug-likeness (QED) is 0.693. The van der Waals surface area contributed by atoms with Crippen LogP contribution in [0.15, 0.2) is 48.0 Å². The molecular formula is C17H17N3O3S. The van der Waals surface area contributed by atoms with Gasteiger partial charge in [-0.05, 0) is 36.4 Å². The summed E-state index contributed by atoms with van der Waals surface area (Å²) in [5.74, 6) is 0.438. The van der Waals surface area contributed by atoms with Crippen molar-refractivity contribution in [3.63, 3.8) is 0 Å². The zero-order valence-corrected chi connectivity index (χ0v) is 14.2. The monoisotopic (exact) mass is 343 g/mol. The number of rotatable bonds is 6. The number of nitrogens with zero attached hydrogens (tertiary/aromatic N) is 2. The van der Waals surface area contributed by atoms with Gasteiger partial charge in [0.25, 0.3) is 0 Å². The second-order valence-electron chi connectivity index (χ2n) is 5.08. The third kappa shape index (κ3) is 3.75. The maximum absolute atomic E-state index is 12.0. The number of hydrogen-bond acceptors (Lipinski definition) is 6. The predicted octanol–water partition coefficient (Wildman–Crippen LogP) is 3.59. The summed E-state index contributed by atoms with van der Waals surface area (Å²) in [4.78, 5) is 16.4. The number of ether oxygens (including phenoxy) is 2. The van der Waals surface area contributed by atoms with Gasteiger partial charge in [-0.15, -0.1) is 11.3 Å². The molecule has 3 aromatic rings. The highest BCUT2D eigenvalue weighted by molar-refractivity contribution is 7.13. The molecule has 0 spiro atoms. The number of benzene rings is 1. The van der Waals surface area contributed by atoms with Gasteiger partial charge in [-0.1, -0.05) is 0 Å². The van der Waals surface area contributed by atoms with E-state index >= 15 is 0 Å². The molecule has 0 unspecified atom stereocenters. The third-order valence-electron chi connectivity index (χ3n) is 3.40. The molecule has 1 N–H and O–H groups in total. The van der Waals surface area contributed by atoms with E-state index in [2.05, 4.69) is 10.3 Å². The number of esters is 1. The number of thiazole rings is 1. The fourth-order valence-electron chi connectivity index (χ4n) is 2.12. The fourth-order valence-corrected chi connectivity index (χ4v) is 2.83. The van der Waals surface area contributed by atoms with Crippen LogP contribution in [0.4, 0.5) is 10.8 Å². The van der Waals surface area contributed by atoms with Gasteiger partial charge in [0.05, 0.1) is 12.8 Å². The molecule has 0 saturated heterocycles. The van der Waals surface area contributed by atoms with E-state index in [4.69, 9.17) is 9.47 Å². The Labute approximate surface area is 143 Å². The van der Waals surface area contributed by atoms with Crippen molar-refractivity contribution in [1.29, 1.82) is 0 Å². The van der Waals surface area contributed by atoms with Crippen LogP contribution in [0.25, 0.3) is 0 Å². The topological polar surface area (TPSA) is 65.4 Å². The molecule has 124 valence electrons. The molecule has 6 nitrogen and oxygen atoms in total. The summed E-state index contributed by atoms with van der Waals surface area (Å²) in [6.07, 6.45) is 1.80. The van der Waals surface area contributed by atoms with Crippen molar-refractivity contribution >= 4 is 28.1 Å². The van der Waals surface area contributed by atoms with Crippen molar-refractivity contribution < 1.29 is 14.3 Å². The zero-order chi connectivity index (χ0) is 16.9. The summed E-state index contributed by atoms with van der Waals surface area (Å²) >= 11 is 1.46. The van der Waals surface area contributed by atoms with Crippen LogP contribution in [0, 0.1) is 0 Å². The van der Waals surface area contributed by atoms with Crippen molar-refractivity contribution in [2.24, 2.45) is 7.05 Å². The Morgan fingerprint density at radius 1 is 1.29 bits per heavy atom. The molecule has 0 aliphatic rings. The molecule has 0 aliphatic heterocycles. The number of nitrogens with one attached hydrogen (secondary N) is 1. The van der Waals surface area contributed by atoms with Gasteiger partial charge in [-0.25, -0.2) is 9.78 Å². The van der Waals surface area contributed by atoms with Gasteiger partial charge in [0.1, 0.15) is 18.1 Å². The lowest BCUT2D eigenvalue weighted by Crippen LogP contribution is -2.09. The number of carbonyl (C=O) groups excluding carboxylic acids is 1. The Bertz CT molecular complexity index is 824. The van der Waals surface area contributed by atoms with Crippen LogP contribution in [-0.2, 0) is 18.4 Å². The molecule has 0 bridgehead atoms. The lowest BCUT2D eigenvalue weighted by atomic mass is 10.3. The Hall–Kier alpha value is -2.80. The lowest BCUT2D eigenvalue weighted by Gasteiger charge is -2.05. The van der Waals surface area contributed by atoms with Gasteiger partial charge in [-0.2, -0.15) is 0 Å². The first kappa shape index (κ1) is 16.1. The van der Waals surface area contributed by atoms with Gasteiger partial charge < -0.3 is 19.4 Å². The Balaban J connectivity index is 1.57. The molecule has 3 rings (SSSR count). The molecule has 7 heteroatoms. The van der Waals surface area contributed by atoms with Crippen molar-refractivity contribution in [2.45, 2.75) is 6.61 Å². The second-order valence-corrected chi connectivity index (χ2v) is 5.94. The molecule has 0 atom stereocenters. The summed E-state index contributed by atoms with van der Waals surface area (Å²) in [7, 11) is 3.43. The number of aryl methyl sites for hydroxylation is 1. The average molecular weight is 343 g/mol. The number of anilines is 2. The summed E-state index contributed by atoms with van der Waals surface area (Å²) in [5.41, 5.74) is 2.14. The molecule has 0 radical (unpaired) electrons. The number of hydrogen-bond donors (Lipinski definition) is 1. The minimum atomic E-state index is -0.361. The van der Waals surface area contributed by atoms with E-state index in [1.54, 1.807) is 37.1 Å². The average Bonchev–Trinajstić information content (AvgIpc) is 3.22. The van der Waals surface area contributed by atoms with Crippen LogP contribution in [0.2, 0.25) is 0 Å². The molecule has 0 aliphatic carbocycles. The van der Waals surface area contributed by atoms with E-state index in [-0.39, 0.29) is 12.6 Å². The van der Waals surface area contributed by atoms with E-state index < -0.39 is 0 Å². The van der Waals surface area contributed by atoms with Gasteiger partial charge in [-0.3, -0.25) is 0 Å². The van der Waals surface area contributed by atoms with E-state index in [1.165, 1.54) is 11.3 Å². The highest BCUT2D eigenvalue weighted by Crippen LogP contribution is 2.23. The van der Waals surface area contributed by atoms with Crippen LogP contribution >= 0.6 is 11.3 Å². The Kier molecular flexibility index (Phi) is 4.81. The van der Waals surface area contributed by atoms with E-state index in [1.807, 2.05) is 29.6 Å². The minimum Gasteiger partial charge on any atom is -0.497 e. The predicted molar refractivity (Wildman–Crippen MR) is 92.9 cm³/mol. The zero-order valence-electron chi connectivity index (χ0n) is 13.4. The molecule has 0 fully saturated rings. The van der Waals surface area contributed by atoms with Gasteiger partial charge in [0.15, 0.2) is 5.13 Å². The van der Waals surface area contributed by atoms with Crippen LogP contribution < -0.4 is 10.1 Å². The van der Waals surface area contributed by atoms with Crippen LogP contribution in [0.1, 0.15) is 16.2 Å². The normalized spacial score (nSPS) is 10.4. The fraction of sp³-hybridized carbons (Fsp3) is 0.176. The smallest absolute Gasteiger partial charge is 0.355 e. The second kappa shape index (κ2) is 7.18. The Morgan fingerprint density at radius 2 is 2.08 bits per heavy atom. The number of aromatic nitrogens is 2. The van der Waals surface area contributed by atoms with Gasteiger partial charge >= 0.3 is 5.97 Å². The van der Waals surface area contributed by atoms with Crippen molar-refractivity contribution in [3.05, 3.63) is 59.4 Å². The molecule has 0 saturated carbocycles. The lowest BCUT2D eigenvalue weighted by molar-refractivity contribution is 0.0457. The van der Waals surface area contributed by atoms with Crippen molar-refractivity contribution in [2.75, 3.05) is 12.4 Å². The largest absolute Gasteiger partial charge is 0.497 e. The van der Waals surface area contributed by atoms with E-state index in [0.29, 0.717) is 11.4 Å². The van der Waals surface area contributed by atoms with Crippen molar-refractivity contribution in [3.8, 4) is 5.75 Å². The summed E-state index contributed by atoms with van der Waals surface area (Å²) < 4.78 is 12.1.